The first-order chi connectivity index (χ1) is 9.40. The van der Waals surface area contributed by atoms with Crippen molar-refractivity contribution in [1.29, 1.82) is 0 Å². The van der Waals surface area contributed by atoms with E-state index in [0.29, 0.717) is 0 Å². The maximum atomic E-state index is 2.77. The summed E-state index contributed by atoms with van der Waals surface area (Å²) in [5, 5.41) is 1.75. The van der Waals surface area contributed by atoms with Gasteiger partial charge in [-0.1, -0.05) is 0 Å². The van der Waals surface area contributed by atoms with Crippen molar-refractivity contribution in [1.82, 2.24) is 7.50 Å². The van der Waals surface area contributed by atoms with Gasteiger partial charge in [0.2, 0.25) is 0 Å². The average Bonchev–Trinajstić information content (AvgIpc) is 2.88. The van der Waals surface area contributed by atoms with Crippen LogP contribution in [0.15, 0.2) is 21.6 Å². The third-order valence-corrected chi connectivity index (χ3v) is 11.2. The molecule has 0 heterocycles. The Bertz CT molecular complexity index is 361. The minimum Gasteiger partial charge on any atom is -1.00 e. The molecular weight excluding hydrogens is 370 g/mol. The van der Waals surface area contributed by atoms with Crippen molar-refractivity contribution >= 4 is 8.07 Å². The fourth-order valence-corrected chi connectivity index (χ4v) is 10.6. The Morgan fingerprint density at radius 2 is 1.32 bits per heavy atom. The Morgan fingerprint density at radius 1 is 0.909 bits per heavy atom. The monoisotopic (exact) mass is 402 g/mol. The Labute approximate surface area is 157 Å². The van der Waals surface area contributed by atoms with Crippen LogP contribution in [0.2, 0.25) is 19.6 Å². The van der Waals surface area contributed by atoms with Gasteiger partial charge >= 0.3 is 133 Å². The van der Waals surface area contributed by atoms with Gasteiger partial charge < -0.3 is 24.8 Å². The van der Waals surface area contributed by atoms with E-state index in [1.807, 2.05) is 4.28 Å². The first-order valence-electron chi connectivity index (χ1n) is 8.10. The van der Waals surface area contributed by atoms with Crippen LogP contribution in [0.3, 0.4) is 0 Å². The predicted octanol–water partition coefficient (Wildman–Crippen LogP) is -1.78. The van der Waals surface area contributed by atoms with Crippen molar-refractivity contribution < 1.29 is 40.4 Å². The van der Waals surface area contributed by atoms with E-state index in [2.05, 4.69) is 67.0 Å². The van der Waals surface area contributed by atoms with E-state index >= 15 is 0 Å². The van der Waals surface area contributed by atoms with Gasteiger partial charge in [-0.3, -0.25) is 0 Å². The number of nitrogens with zero attached hydrogens (tertiary/aromatic N) is 2. The second-order valence-corrected chi connectivity index (χ2v) is 14.8. The molecule has 0 spiro atoms. The summed E-state index contributed by atoms with van der Waals surface area (Å²) in [7, 11) is -1.22. The number of hydrogen-bond acceptors (Lipinski definition) is 2. The zero-order chi connectivity index (χ0) is 15.3. The molecule has 0 unspecified atom stereocenters. The van der Waals surface area contributed by atoms with Crippen LogP contribution in [0.4, 0.5) is 0 Å². The first kappa shape index (κ1) is 25.0. The Balaban J connectivity index is 0. The fourth-order valence-electron chi connectivity index (χ4n) is 2.87. The summed E-state index contributed by atoms with van der Waals surface area (Å²) in [5.41, 5.74) is 0. The summed E-state index contributed by atoms with van der Waals surface area (Å²) >= 11 is -1.24. The summed E-state index contributed by atoms with van der Waals surface area (Å²) in [6.45, 7) is 21.5. The minimum absolute atomic E-state index is 0. The van der Waals surface area contributed by atoms with Gasteiger partial charge in [0.15, 0.2) is 0 Å². The second kappa shape index (κ2) is 11.4. The zero-order valence-corrected chi connectivity index (χ0v) is 19.2. The zero-order valence-electron chi connectivity index (χ0n) is 15.3. The smallest absolute Gasteiger partial charge is 1.00 e. The van der Waals surface area contributed by atoms with Crippen molar-refractivity contribution in [2.75, 3.05) is 26.2 Å². The van der Waals surface area contributed by atoms with Gasteiger partial charge in [-0.25, -0.2) is 0 Å². The van der Waals surface area contributed by atoms with Gasteiger partial charge in [0, 0.05) is 0 Å². The molecule has 0 aliphatic heterocycles. The molecule has 0 radical (unpaired) electrons. The van der Waals surface area contributed by atoms with Gasteiger partial charge in [0.1, 0.15) is 0 Å². The van der Waals surface area contributed by atoms with Gasteiger partial charge in [-0.15, -0.1) is 0 Å². The van der Waals surface area contributed by atoms with Crippen LogP contribution in [-0.2, 0) is 15.6 Å². The number of hydrogen-bond donors (Lipinski definition) is 0. The molecule has 0 fully saturated rings. The van der Waals surface area contributed by atoms with Crippen molar-refractivity contribution in [2.45, 2.75) is 53.8 Å². The maximum Gasteiger partial charge on any atom is -1.00 e. The largest absolute Gasteiger partial charge is 1.00 e. The summed E-state index contributed by atoms with van der Waals surface area (Å²) in [6, 6.07) is 0. The van der Waals surface area contributed by atoms with E-state index in [0.717, 1.165) is 0 Å². The van der Waals surface area contributed by atoms with Gasteiger partial charge in [0.25, 0.3) is 0 Å². The molecule has 0 amide bonds. The normalized spacial score (nSPS) is 14.4. The minimum atomic E-state index is -1.24. The van der Waals surface area contributed by atoms with E-state index in [4.69, 9.17) is 0 Å². The van der Waals surface area contributed by atoms with Gasteiger partial charge in [-0.2, -0.15) is 0 Å². The van der Waals surface area contributed by atoms with E-state index in [1.54, 1.807) is 5.20 Å². The van der Waals surface area contributed by atoms with Crippen LogP contribution in [0.25, 0.3) is 0 Å². The fraction of sp³-hybridized carbons (Fsp3) is 0.750. The van der Waals surface area contributed by atoms with Crippen molar-refractivity contribution in [3.05, 3.63) is 21.6 Å². The standard InChI is InChI=1S/C8H13Si.2C4H10N.2ClH.V/c1-9(2,3)8-6-4-5-7-8;2*1-3-5-4-2;;;/h4,6H,5H2,1-3H3;2*3-4H2,1-2H3;2*1H;/q;2*-1;;;+4/p-2. The molecule has 130 valence electrons. The topological polar surface area (TPSA) is 6.48 Å². The number of halogens is 2. The molecule has 0 aromatic carbocycles. The summed E-state index contributed by atoms with van der Waals surface area (Å²) in [6.07, 6.45) is 6.08. The molecule has 2 nitrogen and oxygen atoms in total. The van der Waals surface area contributed by atoms with Gasteiger partial charge in [-0.05, 0) is 0 Å². The molecule has 1 aliphatic carbocycles. The molecule has 1 rings (SSSR count). The molecule has 22 heavy (non-hydrogen) atoms. The molecule has 0 saturated heterocycles. The third-order valence-electron chi connectivity index (χ3n) is 3.95. The summed E-state index contributed by atoms with van der Waals surface area (Å²) < 4.78 is 7.36. The van der Waals surface area contributed by atoms with Crippen LogP contribution in [-0.4, -0.2) is 41.7 Å². The van der Waals surface area contributed by atoms with E-state index < -0.39 is 23.7 Å². The average molecular weight is 403 g/mol. The molecule has 0 atom stereocenters. The quantitative estimate of drug-likeness (QED) is 0.443. The van der Waals surface area contributed by atoms with Crippen LogP contribution in [0, 0.1) is 0 Å². The Morgan fingerprint density at radius 3 is 1.64 bits per heavy atom. The predicted molar refractivity (Wildman–Crippen MR) is 90.0 cm³/mol. The molecule has 0 aromatic rings. The first-order valence-corrected chi connectivity index (χ1v) is 13.5. The molecular formula is C16H33Cl2N2SiV. The molecule has 1 aliphatic rings. The molecule has 0 saturated carbocycles. The summed E-state index contributed by atoms with van der Waals surface area (Å²) in [4.78, 5) is 0. The van der Waals surface area contributed by atoms with Crippen molar-refractivity contribution in [3.8, 4) is 0 Å². The van der Waals surface area contributed by atoms with E-state index in [1.165, 1.54) is 32.6 Å². The van der Waals surface area contributed by atoms with Gasteiger partial charge in [0.05, 0.1) is 0 Å². The molecule has 0 aromatic heterocycles. The number of allylic oxidation sites excluding steroid dienone is 4. The van der Waals surface area contributed by atoms with Crippen LogP contribution < -0.4 is 24.8 Å². The molecule has 6 heteroatoms. The van der Waals surface area contributed by atoms with Crippen LogP contribution in [0.1, 0.15) is 34.1 Å². The summed E-state index contributed by atoms with van der Waals surface area (Å²) in [5.74, 6) is 0. The second-order valence-electron chi connectivity index (χ2n) is 6.28. The third kappa shape index (κ3) is 6.01. The van der Waals surface area contributed by atoms with Crippen molar-refractivity contribution in [3.63, 3.8) is 0 Å². The van der Waals surface area contributed by atoms with Crippen molar-refractivity contribution in [2.24, 2.45) is 0 Å². The van der Waals surface area contributed by atoms with Crippen LogP contribution in [0.5, 0.6) is 0 Å². The molecule has 0 N–H and O–H groups in total. The number of rotatable bonds is 8. The Hall–Kier alpha value is 0.781. The van der Waals surface area contributed by atoms with Crippen LogP contribution >= 0.6 is 0 Å². The maximum absolute atomic E-state index is 2.77. The molecule has 0 bridgehead atoms. The SMILES string of the molecule is CC[N](CC)[V+2]([C]1=C([Si](C)(C)C)C=CC1)[N](CC)CC.[Cl-].[Cl-]. The van der Waals surface area contributed by atoms with E-state index in [-0.39, 0.29) is 24.8 Å². The van der Waals surface area contributed by atoms with E-state index in [9.17, 15) is 0 Å². The Kier molecular flexibility index (Phi) is 12.9.